The summed E-state index contributed by atoms with van der Waals surface area (Å²) in [6.45, 7) is 2.90. The second-order valence-electron chi connectivity index (χ2n) is 9.59. The van der Waals surface area contributed by atoms with Crippen LogP contribution in [0.25, 0.3) is 16.9 Å². The van der Waals surface area contributed by atoms with Gasteiger partial charge in [0.05, 0.1) is 53.8 Å². The van der Waals surface area contributed by atoms with Crippen molar-refractivity contribution >= 4 is 32.9 Å². The number of nitrogens with one attached hydrogen (secondary N) is 2. The Morgan fingerprint density at radius 3 is 2.43 bits per heavy atom. The predicted octanol–water partition coefficient (Wildman–Crippen LogP) is 4.11. The minimum atomic E-state index is -3.53. The number of amides is 2. The van der Waals surface area contributed by atoms with Crippen molar-refractivity contribution in [3.63, 3.8) is 0 Å². The number of ether oxygens (including phenoxy) is 3. The molecule has 6 rings (SSSR count). The van der Waals surface area contributed by atoms with Crippen LogP contribution >= 0.6 is 0 Å². The normalized spacial score (nSPS) is 13.4. The fourth-order valence-corrected chi connectivity index (χ4v) is 4.98. The summed E-state index contributed by atoms with van der Waals surface area (Å²) in [7, 11) is -3.53. The number of benzene rings is 2. The van der Waals surface area contributed by atoms with Gasteiger partial charge in [-0.3, -0.25) is 0 Å². The number of imidazole rings is 1. The predicted molar refractivity (Wildman–Crippen MR) is 153 cm³/mol. The Kier molecular flexibility index (Phi) is 7.14. The number of hydrogen-bond acceptors (Lipinski definition) is 10. The van der Waals surface area contributed by atoms with Gasteiger partial charge in [0.1, 0.15) is 11.9 Å². The second kappa shape index (κ2) is 11.1. The molecule has 4 heterocycles. The number of rotatable bonds is 8. The molecule has 0 spiro atoms. The molecule has 0 bridgehead atoms. The van der Waals surface area contributed by atoms with Gasteiger partial charge in [-0.2, -0.15) is 0 Å². The Morgan fingerprint density at radius 1 is 0.976 bits per heavy atom. The first kappa shape index (κ1) is 27.1. The fourth-order valence-electron chi connectivity index (χ4n) is 4.15. The number of carbonyl (C=O) groups excluding carboxylic acids is 1. The van der Waals surface area contributed by atoms with Gasteiger partial charge in [0.15, 0.2) is 15.5 Å². The van der Waals surface area contributed by atoms with Crippen molar-refractivity contribution in [2.75, 3.05) is 30.1 Å². The molecular formula is C28H25N7O6S. The van der Waals surface area contributed by atoms with E-state index in [0.29, 0.717) is 30.5 Å². The summed E-state index contributed by atoms with van der Waals surface area (Å²) in [6.07, 6.45) is 5.58. The quantitative estimate of drug-likeness (QED) is 0.270. The van der Waals surface area contributed by atoms with Gasteiger partial charge in [0.2, 0.25) is 5.88 Å². The molecule has 5 aromatic rings. The van der Waals surface area contributed by atoms with Gasteiger partial charge in [-0.15, -0.1) is 5.10 Å². The lowest BCUT2D eigenvalue weighted by atomic mass is 10.1. The monoisotopic (exact) mass is 587 g/mol. The zero-order chi connectivity index (χ0) is 29.3. The van der Waals surface area contributed by atoms with Crippen LogP contribution in [0.1, 0.15) is 5.56 Å². The number of sulfone groups is 1. The lowest BCUT2D eigenvalue weighted by molar-refractivity contribution is -0.0816. The highest BCUT2D eigenvalue weighted by Crippen LogP contribution is 2.27. The standard InChI is InChI=1S/C28H25N7O6S/c1-17-3-8-24(42(2,37)38)22(11-17)33-27(36)32-19-12-30-28(31-13-19)41-20-6-4-18(5-7-20)23-14-29-25-9-10-26(34-35(23)25)40-21-15-39-16-21/h3-14,21H,15-16H2,1-2H3,(H2,32,33,36). The number of anilines is 2. The average molecular weight is 588 g/mol. The van der Waals surface area contributed by atoms with Crippen LogP contribution in [0.4, 0.5) is 16.2 Å². The summed E-state index contributed by atoms with van der Waals surface area (Å²) in [5.74, 6) is 0.997. The summed E-state index contributed by atoms with van der Waals surface area (Å²) in [4.78, 5) is 25.2. The first-order valence-electron chi connectivity index (χ1n) is 12.8. The van der Waals surface area contributed by atoms with Crippen molar-refractivity contribution in [2.45, 2.75) is 17.9 Å². The van der Waals surface area contributed by atoms with E-state index in [1.807, 2.05) is 18.2 Å². The molecule has 1 aliphatic heterocycles. The van der Waals surface area contributed by atoms with E-state index in [4.69, 9.17) is 14.2 Å². The number of carbonyl (C=O) groups is 1. The Hall–Kier alpha value is -5.08. The molecule has 1 saturated heterocycles. The lowest BCUT2D eigenvalue weighted by Gasteiger charge is -2.25. The van der Waals surface area contributed by atoms with Gasteiger partial charge in [-0.05, 0) is 55.0 Å². The third-order valence-corrected chi connectivity index (χ3v) is 7.42. The van der Waals surface area contributed by atoms with Gasteiger partial charge in [-0.1, -0.05) is 6.07 Å². The molecule has 2 N–H and O–H groups in total. The fraction of sp³-hybridized carbons (Fsp3) is 0.179. The molecule has 1 aliphatic rings. The summed E-state index contributed by atoms with van der Waals surface area (Å²) in [6, 6.07) is 15.0. The van der Waals surface area contributed by atoms with Crippen LogP contribution in [0.2, 0.25) is 0 Å². The molecule has 3 aromatic heterocycles. The van der Waals surface area contributed by atoms with Crippen LogP contribution in [-0.2, 0) is 14.6 Å². The molecule has 1 fully saturated rings. The molecule has 214 valence electrons. The minimum Gasteiger partial charge on any atom is -0.468 e. The largest absolute Gasteiger partial charge is 0.468 e. The molecule has 0 saturated carbocycles. The highest BCUT2D eigenvalue weighted by atomic mass is 32.2. The second-order valence-corrected chi connectivity index (χ2v) is 11.6. The van der Waals surface area contributed by atoms with E-state index in [2.05, 4.69) is 30.7 Å². The number of aryl methyl sites for hydroxylation is 1. The molecule has 13 nitrogen and oxygen atoms in total. The lowest BCUT2D eigenvalue weighted by Crippen LogP contribution is -2.38. The minimum absolute atomic E-state index is 0.0105. The molecule has 42 heavy (non-hydrogen) atoms. The number of urea groups is 1. The van der Waals surface area contributed by atoms with E-state index in [9.17, 15) is 13.2 Å². The van der Waals surface area contributed by atoms with Crippen LogP contribution in [0.5, 0.6) is 17.6 Å². The summed E-state index contributed by atoms with van der Waals surface area (Å²) >= 11 is 0. The molecule has 2 amide bonds. The van der Waals surface area contributed by atoms with Crippen molar-refractivity contribution < 1.29 is 27.4 Å². The first-order chi connectivity index (χ1) is 20.2. The maximum atomic E-state index is 12.5. The van der Waals surface area contributed by atoms with Crippen LogP contribution < -0.4 is 20.1 Å². The third-order valence-electron chi connectivity index (χ3n) is 6.26. The zero-order valence-electron chi connectivity index (χ0n) is 22.5. The van der Waals surface area contributed by atoms with Gasteiger partial charge >= 0.3 is 12.0 Å². The maximum Gasteiger partial charge on any atom is 0.323 e. The molecule has 2 aromatic carbocycles. The SMILES string of the molecule is Cc1ccc(S(C)(=O)=O)c(NC(=O)Nc2cnc(Oc3ccc(-c4cnc5ccc(OC6COC6)nn45)cc3)nc2)c1. The van der Waals surface area contributed by atoms with Gasteiger partial charge in [0.25, 0.3) is 0 Å². The smallest absolute Gasteiger partial charge is 0.323 e. The van der Waals surface area contributed by atoms with Crippen LogP contribution in [0.3, 0.4) is 0 Å². The van der Waals surface area contributed by atoms with Crippen molar-refractivity contribution in [3.8, 4) is 28.9 Å². The van der Waals surface area contributed by atoms with Crippen molar-refractivity contribution in [2.24, 2.45) is 0 Å². The van der Waals surface area contributed by atoms with Gasteiger partial charge in [0, 0.05) is 17.9 Å². The van der Waals surface area contributed by atoms with E-state index in [1.165, 1.54) is 18.5 Å². The van der Waals surface area contributed by atoms with E-state index in [-0.39, 0.29) is 28.4 Å². The van der Waals surface area contributed by atoms with Crippen molar-refractivity contribution in [1.29, 1.82) is 0 Å². The number of fused-ring (bicyclic) bond motifs is 1. The van der Waals surface area contributed by atoms with Gasteiger partial charge < -0.3 is 24.8 Å². The summed E-state index contributed by atoms with van der Waals surface area (Å²) in [5, 5.41) is 9.71. The summed E-state index contributed by atoms with van der Waals surface area (Å²) < 4.78 is 42.6. The van der Waals surface area contributed by atoms with Crippen LogP contribution in [-0.4, -0.2) is 64.6 Å². The van der Waals surface area contributed by atoms with E-state index in [0.717, 1.165) is 23.1 Å². The number of nitrogens with zero attached hydrogens (tertiary/aromatic N) is 5. The molecule has 14 heteroatoms. The van der Waals surface area contributed by atoms with E-state index >= 15 is 0 Å². The van der Waals surface area contributed by atoms with Crippen molar-refractivity contribution in [1.82, 2.24) is 24.6 Å². The average Bonchev–Trinajstić information content (AvgIpc) is 3.35. The summed E-state index contributed by atoms with van der Waals surface area (Å²) in [5.41, 5.74) is 3.60. The maximum absolute atomic E-state index is 12.5. The van der Waals surface area contributed by atoms with Gasteiger partial charge in [-0.25, -0.2) is 32.7 Å². The zero-order valence-corrected chi connectivity index (χ0v) is 23.3. The Labute approximate surface area is 240 Å². The number of hydrogen-bond donors (Lipinski definition) is 2. The number of aromatic nitrogens is 5. The third kappa shape index (κ3) is 5.99. The Morgan fingerprint density at radius 2 is 1.74 bits per heavy atom. The molecule has 0 unspecified atom stereocenters. The van der Waals surface area contributed by atoms with Crippen molar-refractivity contribution in [3.05, 3.63) is 78.8 Å². The highest BCUT2D eigenvalue weighted by Gasteiger charge is 2.21. The molecular weight excluding hydrogens is 562 g/mol. The van der Waals surface area contributed by atoms with Crippen LogP contribution in [0.15, 0.2) is 78.1 Å². The van der Waals surface area contributed by atoms with E-state index in [1.54, 1.807) is 48.0 Å². The Bertz CT molecular complexity index is 1870. The topological polar surface area (TPSA) is 159 Å². The highest BCUT2D eigenvalue weighted by molar-refractivity contribution is 7.90. The first-order valence-corrected chi connectivity index (χ1v) is 14.7. The molecule has 0 radical (unpaired) electrons. The molecule has 0 aliphatic carbocycles. The Balaban J connectivity index is 1.09. The molecule has 0 atom stereocenters. The van der Waals surface area contributed by atoms with Crippen LogP contribution in [0, 0.1) is 6.92 Å². The van der Waals surface area contributed by atoms with E-state index < -0.39 is 15.9 Å².